The standard InChI is InChI=1S/C31H45FN4O4/c1-21(20-39-3)23-17-26(29(40-4)27(32)18-23)28(31(37)38)36-16-13-25(19-36)35(2)15-7-5-6-10-24-12-11-22-9-8-14-33-30(22)34-24/h11-12,17-18,21,25,28H,5-10,13-16,19-20H2,1-4H3,(H,33,34)(H,37,38)/t21-,25-,28?/m1/s1. The predicted molar refractivity (Wildman–Crippen MR) is 155 cm³/mol. The number of hydrogen-bond acceptors (Lipinski definition) is 7. The smallest absolute Gasteiger partial charge is 0.325 e. The Morgan fingerprint density at radius 3 is 2.85 bits per heavy atom. The number of ether oxygens (including phenoxy) is 2. The third kappa shape index (κ3) is 7.30. The van der Waals surface area contributed by atoms with Crippen molar-refractivity contribution in [3.63, 3.8) is 0 Å². The van der Waals surface area contributed by atoms with Crippen LogP contribution in [0.1, 0.15) is 73.4 Å². The highest BCUT2D eigenvalue weighted by molar-refractivity contribution is 5.77. The number of unbranched alkanes of at least 4 members (excludes halogenated alkanes) is 2. The van der Waals surface area contributed by atoms with Crippen LogP contribution in [0, 0.1) is 5.82 Å². The topological polar surface area (TPSA) is 87.2 Å². The molecule has 3 heterocycles. The van der Waals surface area contributed by atoms with E-state index in [1.165, 1.54) is 25.2 Å². The van der Waals surface area contributed by atoms with Crippen molar-refractivity contribution in [3.05, 3.63) is 52.5 Å². The molecule has 1 unspecified atom stereocenters. The summed E-state index contributed by atoms with van der Waals surface area (Å²) in [6, 6.07) is 6.85. The van der Waals surface area contributed by atoms with Gasteiger partial charge in [-0.25, -0.2) is 9.37 Å². The number of carboxylic acid groups (broad SMARTS) is 1. The molecule has 1 aromatic heterocycles. The van der Waals surface area contributed by atoms with Gasteiger partial charge >= 0.3 is 5.97 Å². The molecule has 0 radical (unpaired) electrons. The molecule has 0 amide bonds. The van der Waals surface area contributed by atoms with Crippen molar-refractivity contribution in [2.45, 2.75) is 69.9 Å². The average Bonchev–Trinajstić information content (AvgIpc) is 3.42. The van der Waals surface area contributed by atoms with Gasteiger partial charge in [0, 0.05) is 50.0 Å². The number of anilines is 1. The maximum absolute atomic E-state index is 15.0. The second-order valence-corrected chi connectivity index (χ2v) is 11.3. The number of aryl methyl sites for hydroxylation is 2. The second-order valence-electron chi connectivity index (χ2n) is 11.3. The highest BCUT2D eigenvalue weighted by Crippen LogP contribution is 2.37. The van der Waals surface area contributed by atoms with Crippen LogP contribution >= 0.6 is 0 Å². The molecule has 0 spiro atoms. The summed E-state index contributed by atoms with van der Waals surface area (Å²) in [5.41, 5.74) is 3.54. The number of carbonyl (C=O) groups is 1. The van der Waals surface area contributed by atoms with Crippen molar-refractivity contribution in [1.82, 2.24) is 14.8 Å². The van der Waals surface area contributed by atoms with E-state index in [-0.39, 0.29) is 17.7 Å². The third-order valence-corrected chi connectivity index (χ3v) is 8.39. The van der Waals surface area contributed by atoms with E-state index in [4.69, 9.17) is 14.5 Å². The van der Waals surface area contributed by atoms with E-state index in [0.29, 0.717) is 30.8 Å². The van der Waals surface area contributed by atoms with Crippen LogP contribution in [0.4, 0.5) is 10.2 Å². The first-order chi connectivity index (χ1) is 19.3. The number of likely N-dealkylation sites (N-methyl/N-ethyl adjacent to an activating group) is 1. The number of aromatic nitrogens is 1. The van der Waals surface area contributed by atoms with Crippen molar-refractivity contribution < 1.29 is 23.8 Å². The fourth-order valence-electron chi connectivity index (χ4n) is 6.07. The lowest BCUT2D eigenvalue weighted by molar-refractivity contribution is -0.143. The monoisotopic (exact) mass is 556 g/mol. The van der Waals surface area contributed by atoms with Gasteiger partial charge in [0.05, 0.1) is 13.7 Å². The molecule has 1 saturated heterocycles. The summed E-state index contributed by atoms with van der Waals surface area (Å²) in [5.74, 6) is -0.550. The van der Waals surface area contributed by atoms with E-state index < -0.39 is 17.8 Å². The Bertz CT molecular complexity index is 1150. The van der Waals surface area contributed by atoms with Crippen molar-refractivity contribution in [1.29, 1.82) is 0 Å². The van der Waals surface area contributed by atoms with Gasteiger partial charge in [-0.3, -0.25) is 9.69 Å². The number of benzene rings is 1. The van der Waals surface area contributed by atoms with Gasteiger partial charge in [-0.05, 0) is 81.4 Å². The molecule has 0 bridgehead atoms. The zero-order valence-electron chi connectivity index (χ0n) is 24.4. The minimum absolute atomic E-state index is 0.00164. The van der Waals surface area contributed by atoms with Gasteiger partial charge in [0.25, 0.3) is 0 Å². The van der Waals surface area contributed by atoms with E-state index in [1.54, 1.807) is 13.2 Å². The number of nitrogens with zero attached hydrogens (tertiary/aromatic N) is 3. The molecule has 0 aliphatic carbocycles. The number of likely N-dealkylation sites (tertiary alicyclic amines) is 1. The molecule has 1 aromatic carbocycles. The molecule has 1 fully saturated rings. The molecule has 40 heavy (non-hydrogen) atoms. The molecule has 220 valence electrons. The van der Waals surface area contributed by atoms with E-state index in [2.05, 4.69) is 29.4 Å². The highest BCUT2D eigenvalue weighted by Gasteiger charge is 2.37. The van der Waals surface area contributed by atoms with Gasteiger partial charge < -0.3 is 24.8 Å². The zero-order chi connectivity index (χ0) is 28.6. The summed E-state index contributed by atoms with van der Waals surface area (Å²) in [6.45, 7) is 5.56. The summed E-state index contributed by atoms with van der Waals surface area (Å²) >= 11 is 0. The molecule has 0 saturated carbocycles. The maximum atomic E-state index is 15.0. The quantitative estimate of drug-likeness (QED) is 0.319. The number of methoxy groups -OCH3 is 2. The Morgan fingerprint density at radius 1 is 1.27 bits per heavy atom. The predicted octanol–water partition coefficient (Wildman–Crippen LogP) is 4.88. The van der Waals surface area contributed by atoms with Crippen molar-refractivity contribution >= 4 is 11.8 Å². The average molecular weight is 557 g/mol. The van der Waals surface area contributed by atoms with Gasteiger partial charge in [-0.2, -0.15) is 0 Å². The number of carboxylic acids is 1. The Hall–Kier alpha value is -2.75. The van der Waals surface area contributed by atoms with Crippen LogP contribution in [-0.2, 0) is 22.4 Å². The molecular formula is C31H45FN4O4. The van der Waals surface area contributed by atoms with Crippen molar-refractivity contribution in [2.75, 3.05) is 59.4 Å². The molecule has 3 atom stereocenters. The molecule has 2 N–H and O–H groups in total. The minimum Gasteiger partial charge on any atom is -0.493 e. The first-order valence-electron chi connectivity index (χ1n) is 14.6. The Morgan fingerprint density at radius 2 is 2.10 bits per heavy atom. The summed E-state index contributed by atoms with van der Waals surface area (Å²) in [6.07, 6.45) is 7.43. The van der Waals surface area contributed by atoms with Gasteiger partial charge in [-0.1, -0.05) is 19.4 Å². The first-order valence-corrected chi connectivity index (χ1v) is 14.6. The number of halogens is 1. The molecule has 2 aromatic rings. The van der Waals surface area contributed by atoms with Crippen LogP contribution in [-0.4, -0.2) is 86.0 Å². The zero-order valence-corrected chi connectivity index (χ0v) is 24.4. The number of rotatable bonds is 14. The maximum Gasteiger partial charge on any atom is 0.325 e. The number of hydrogen-bond donors (Lipinski definition) is 2. The molecule has 4 rings (SSSR count). The van der Waals surface area contributed by atoms with Crippen LogP contribution in [0.2, 0.25) is 0 Å². The first kappa shape index (κ1) is 30.2. The van der Waals surface area contributed by atoms with Crippen molar-refractivity contribution in [2.24, 2.45) is 0 Å². The molecule has 2 aliphatic heterocycles. The summed E-state index contributed by atoms with van der Waals surface area (Å²) < 4.78 is 25.6. The minimum atomic E-state index is -0.997. The van der Waals surface area contributed by atoms with Crippen LogP contribution in [0.5, 0.6) is 5.75 Å². The SMILES string of the molecule is COC[C@@H](C)c1cc(F)c(OC)c(C(C(=O)O)N2CC[C@@H](N(C)CCCCCc3ccc4c(n3)NCCC4)C2)c1. The van der Waals surface area contributed by atoms with Gasteiger partial charge in [0.15, 0.2) is 11.6 Å². The lowest BCUT2D eigenvalue weighted by atomic mass is 9.95. The number of fused-ring (bicyclic) bond motifs is 1. The second kappa shape index (κ2) is 14.2. The largest absolute Gasteiger partial charge is 0.493 e. The van der Waals surface area contributed by atoms with Crippen LogP contribution in [0.3, 0.4) is 0 Å². The molecular weight excluding hydrogens is 511 g/mol. The van der Waals surface area contributed by atoms with Crippen molar-refractivity contribution in [3.8, 4) is 5.75 Å². The lowest BCUT2D eigenvalue weighted by Crippen LogP contribution is -2.38. The van der Waals surface area contributed by atoms with Gasteiger partial charge in [0.1, 0.15) is 11.9 Å². The Labute approximate surface area is 237 Å². The summed E-state index contributed by atoms with van der Waals surface area (Å²) in [5, 5.41) is 13.7. The normalized spacial score (nSPS) is 18.8. The highest BCUT2D eigenvalue weighted by atomic mass is 19.1. The van der Waals surface area contributed by atoms with Crippen LogP contribution in [0.25, 0.3) is 0 Å². The summed E-state index contributed by atoms with van der Waals surface area (Å²) in [4.78, 5) is 21.6. The number of pyridine rings is 1. The summed E-state index contributed by atoms with van der Waals surface area (Å²) in [7, 11) is 5.11. The fourth-order valence-corrected chi connectivity index (χ4v) is 6.07. The number of aliphatic carboxylic acids is 1. The Kier molecular flexibility index (Phi) is 10.8. The number of nitrogens with one attached hydrogen (secondary N) is 1. The van der Waals surface area contributed by atoms with Gasteiger partial charge in [-0.15, -0.1) is 0 Å². The van der Waals surface area contributed by atoms with E-state index in [9.17, 15) is 9.90 Å². The van der Waals surface area contributed by atoms with E-state index in [0.717, 1.165) is 63.1 Å². The van der Waals surface area contributed by atoms with Crippen LogP contribution < -0.4 is 10.1 Å². The fraction of sp³-hybridized carbons (Fsp3) is 0.613. The van der Waals surface area contributed by atoms with Gasteiger partial charge in [0.2, 0.25) is 0 Å². The molecule has 9 heteroatoms. The molecule has 2 aliphatic rings. The third-order valence-electron chi connectivity index (χ3n) is 8.39. The van der Waals surface area contributed by atoms with Crippen LogP contribution in [0.15, 0.2) is 24.3 Å². The molecule has 8 nitrogen and oxygen atoms in total. The van der Waals surface area contributed by atoms with E-state index in [1.807, 2.05) is 11.8 Å². The Balaban J connectivity index is 1.31. The van der Waals surface area contributed by atoms with E-state index >= 15 is 4.39 Å². The lowest BCUT2D eigenvalue weighted by Gasteiger charge is -2.29.